The minimum Gasteiger partial charge on any atom is -0.435 e. The number of rotatable bonds is 12. The minimum absolute atomic E-state index is 0.149. The van der Waals surface area contributed by atoms with Gasteiger partial charge in [0.2, 0.25) is 0 Å². The number of unbranched alkanes of at least 4 members (excludes halogenated alkanes) is 5. The summed E-state index contributed by atoms with van der Waals surface area (Å²) < 4.78 is 28.8. The van der Waals surface area contributed by atoms with Gasteiger partial charge in [-0.05, 0) is 66.6 Å². The molecular formula is C31H40F2O. The van der Waals surface area contributed by atoms with Crippen LogP contribution in [0.2, 0.25) is 0 Å². The van der Waals surface area contributed by atoms with Crippen molar-refractivity contribution in [2.75, 3.05) is 0 Å². The Kier molecular flexibility index (Phi) is 11.5. The largest absolute Gasteiger partial charge is 0.435 e. The highest BCUT2D eigenvalue weighted by Crippen LogP contribution is 2.34. The summed E-state index contributed by atoms with van der Waals surface area (Å²) in [6.07, 6.45) is 18.0. The Bertz CT molecular complexity index is 868. The first-order chi connectivity index (χ1) is 16.6. The molecule has 0 spiro atoms. The summed E-state index contributed by atoms with van der Waals surface area (Å²) in [6.45, 7) is -0.522. The monoisotopic (exact) mass is 466 g/mol. The van der Waals surface area contributed by atoms with Crippen LogP contribution in [-0.4, -0.2) is 6.61 Å². The van der Waals surface area contributed by atoms with Crippen LogP contribution in [0, 0.1) is 23.7 Å². The van der Waals surface area contributed by atoms with Gasteiger partial charge in [0.15, 0.2) is 0 Å². The molecule has 2 aromatic rings. The maximum Gasteiger partial charge on any atom is 0.387 e. The highest BCUT2D eigenvalue weighted by Gasteiger charge is 2.20. The van der Waals surface area contributed by atoms with Crippen LogP contribution >= 0.6 is 0 Å². The van der Waals surface area contributed by atoms with Crippen LogP contribution in [0.4, 0.5) is 8.78 Å². The van der Waals surface area contributed by atoms with E-state index in [0.717, 1.165) is 29.4 Å². The molecule has 2 aromatic carbocycles. The fraction of sp³-hybridized carbons (Fsp3) is 0.548. The van der Waals surface area contributed by atoms with Crippen molar-refractivity contribution in [2.45, 2.75) is 97.0 Å². The number of halogens is 2. The Labute approximate surface area is 205 Å². The Morgan fingerprint density at radius 2 is 1.26 bits per heavy atom. The SMILES string of the molecule is CCCCCCCCC1CCC(CCc2ccc(C#Cc3ccc(OC(F)F)cc3)cc2)CC1. The molecule has 0 N–H and O–H groups in total. The van der Waals surface area contributed by atoms with Crippen LogP contribution in [0.5, 0.6) is 5.75 Å². The summed E-state index contributed by atoms with van der Waals surface area (Å²) >= 11 is 0. The third-order valence-corrected chi connectivity index (χ3v) is 7.16. The van der Waals surface area contributed by atoms with Gasteiger partial charge in [-0.3, -0.25) is 0 Å². The molecule has 0 radical (unpaired) electrons. The quantitative estimate of drug-likeness (QED) is 0.224. The number of benzene rings is 2. The van der Waals surface area contributed by atoms with E-state index in [0.29, 0.717) is 0 Å². The van der Waals surface area contributed by atoms with E-state index >= 15 is 0 Å². The second kappa shape index (κ2) is 14.8. The fourth-order valence-electron chi connectivity index (χ4n) is 5.01. The van der Waals surface area contributed by atoms with Gasteiger partial charge in [0.25, 0.3) is 0 Å². The van der Waals surface area contributed by atoms with Crippen LogP contribution in [0.15, 0.2) is 48.5 Å². The van der Waals surface area contributed by atoms with Gasteiger partial charge in [0.1, 0.15) is 5.75 Å². The van der Waals surface area contributed by atoms with Crippen molar-refractivity contribution in [2.24, 2.45) is 11.8 Å². The van der Waals surface area contributed by atoms with Gasteiger partial charge >= 0.3 is 6.61 Å². The average Bonchev–Trinajstić information content (AvgIpc) is 2.85. The number of hydrogen-bond acceptors (Lipinski definition) is 1. The van der Waals surface area contributed by atoms with Gasteiger partial charge in [0, 0.05) is 11.1 Å². The zero-order valence-corrected chi connectivity index (χ0v) is 20.7. The molecule has 0 saturated heterocycles. The normalized spacial score (nSPS) is 17.9. The molecule has 1 fully saturated rings. The molecule has 0 heterocycles. The van der Waals surface area contributed by atoms with Crippen LogP contribution in [-0.2, 0) is 6.42 Å². The van der Waals surface area contributed by atoms with Gasteiger partial charge in [-0.25, -0.2) is 0 Å². The molecule has 1 aliphatic rings. The summed E-state index contributed by atoms with van der Waals surface area (Å²) in [5.74, 6) is 8.25. The standard InChI is InChI=1S/C31H40F2O/c1-2-3-4-5-6-7-8-25-9-11-26(12-10-25)13-14-27-15-17-28(18-16-27)19-20-29-21-23-30(24-22-29)34-31(32)33/h15-18,21-26,31H,2-14H2,1H3. The van der Waals surface area contributed by atoms with Crippen LogP contribution < -0.4 is 4.74 Å². The van der Waals surface area contributed by atoms with Crippen molar-refractivity contribution in [1.29, 1.82) is 0 Å². The van der Waals surface area contributed by atoms with Crippen molar-refractivity contribution < 1.29 is 13.5 Å². The lowest BCUT2D eigenvalue weighted by Crippen LogP contribution is -2.15. The van der Waals surface area contributed by atoms with E-state index in [4.69, 9.17) is 0 Å². The molecule has 0 aliphatic heterocycles. The molecule has 0 bridgehead atoms. The van der Waals surface area contributed by atoms with Gasteiger partial charge in [-0.2, -0.15) is 8.78 Å². The van der Waals surface area contributed by atoms with E-state index in [9.17, 15) is 8.78 Å². The van der Waals surface area contributed by atoms with E-state index < -0.39 is 6.61 Å². The molecule has 34 heavy (non-hydrogen) atoms. The van der Waals surface area contributed by atoms with Crippen molar-refractivity contribution >= 4 is 0 Å². The predicted molar refractivity (Wildman–Crippen MR) is 137 cm³/mol. The molecule has 0 amide bonds. The number of ether oxygens (including phenoxy) is 1. The van der Waals surface area contributed by atoms with Crippen molar-refractivity contribution in [1.82, 2.24) is 0 Å². The maximum absolute atomic E-state index is 12.2. The highest BCUT2D eigenvalue weighted by atomic mass is 19.3. The first-order valence-corrected chi connectivity index (χ1v) is 13.3. The molecule has 0 aromatic heterocycles. The summed E-state index contributed by atoms with van der Waals surface area (Å²) in [6, 6.07) is 15.0. The van der Waals surface area contributed by atoms with Crippen LogP contribution in [0.1, 0.15) is 101 Å². The fourth-order valence-corrected chi connectivity index (χ4v) is 5.01. The first kappa shape index (κ1) is 26.3. The first-order valence-electron chi connectivity index (χ1n) is 13.3. The van der Waals surface area contributed by atoms with Crippen molar-refractivity contribution in [3.05, 3.63) is 65.2 Å². The Hall–Kier alpha value is -2.34. The second-order valence-electron chi connectivity index (χ2n) is 9.83. The minimum atomic E-state index is -2.81. The molecule has 3 heteroatoms. The van der Waals surface area contributed by atoms with E-state index in [1.54, 1.807) is 12.1 Å². The van der Waals surface area contributed by atoms with E-state index in [1.807, 2.05) is 0 Å². The molecule has 184 valence electrons. The van der Waals surface area contributed by atoms with Gasteiger partial charge < -0.3 is 4.74 Å². The Balaban J connectivity index is 1.34. The molecule has 1 aliphatic carbocycles. The van der Waals surface area contributed by atoms with E-state index in [1.165, 1.54) is 94.7 Å². The van der Waals surface area contributed by atoms with Crippen molar-refractivity contribution in [3.63, 3.8) is 0 Å². The number of alkyl halides is 2. The van der Waals surface area contributed by atoms with Gasteiger partial charge in [0.05, 0.1) is 0 Å². The van der Waals surface area contributed by atoms with Gasteiger partial charge in [-0.15, -0.1) is 0 Å². The maximum atomic E-state index is 12.2. The third kappa shape index (κ3) is 9.88. The topological polar surface area (TPSA) is 9.23 Å². The lowest BCUT2D eigenvalue weighted by Gasteiger charge is -2.28. The van der Waals surface area contributed by atoms with E-state index in [2.05, 4.69) is 47.8 Å². The zero-order valence-electron chi connectivity index (χ0n) is 20.7. The Morgan fingerprint density at radius 1 is 0.735 bits per heavy atom. The lowest BCUT2D eigenvalue weighted by molar-refractivity contribution is -0.0498. The summed E-state index contributed by atoms with van der Waals surface area (Å²) in [5.41, 5.74) is 3.12. The zero-order chi connectivity index (χ0) is 24.0. The molecular weight excluding hydrogens is 426 g/mol. The molecule has 3 rings (SSSR count). The molecule has 1 saturated carbocycles. The lowest BCUT2D eigenvalue weighted by atomic mass is 9.77. The Morgan fingerprint density at radius 3 is 1.85 bits per heavy atom. The highest BCUT2D eigenvalue weighted by molar-refractivity contribution is 5.44. The van der Waals surface area contributed by atoms with Gasteiger partial charge in [-0.1, -0.05) is 102 Å². The molecule has 0 atom stereocenters. The number of aryl methyl sites for hydroxylation is 1. The summed E-state index contributed by atoms with van der Waals surface area (Å²) in [4.78, 5) is 0. The second-order valence-corrected chi connectivity index (χ2v) is 9.83. The average molecular weight is 467 g/mol. The predicted octanol–water partition coefficient (Wildman–Crippen LogP) is 9.18. The van der Waals surface area contributed by atoms with Crippen molar-refractivity contribution in [3.8, 4) is 17.6 Å². The van der Waals surface area contributed by atoms with Crippen LogP contribution in [0.3, 0.4) is 0 Å². The number of hydrogen-bond donors (Lipinski definition) is 0. The van der Waals surface area contributed by atoms with E-state index in [-0.39, 0.29) is 5.75 Å². The molecule has 1 nitrogen and oxygen atoms in total. The summed E-state index contributed by atoms with van der Waals surface area (Å²) in [5, 5.41) is 0. The molecule has 0 unspecified atom stereocenters. The van der Waals surface area contributed by atoms with Crippen LogP contribution in [0.25, 0.3) is 0 Å². The summed E-state index contributed by atoms with van der Waals surface area (Å²) in [7, 11) is 0. The smallest absolute Gasteiger partial charge is 0.387 e. The third-order valence-electron chi connectivity index (χ3n) is 7.16.